The van der Waals surface area contributed by atoms with E-state index in [4.69, 9.17) is 0 Å². The Morgan fingerprint density at radius 2 is 1.85 bits per heavy atom. The molecule has 9 heteroatoms. The molecular formula is C17H23N5O2S2. The first-order valence-corrected chi connectivity index (χ1v) is 10.1. The lowest BCUT2D eigenvalue weighted by molar-refractivity contribution is -0.119. The van der Waals surface area contributed by atoms with Gasteiger partial charge in [0.1, 0.15) is 0 Å². The molecule has 3 amide bonds. The number of benzene rings is 1. The number of aromatic nitrogens is 2. The smallest absolute Gasteiger partial charge is 0.321 e. The van der Waals surface area contributed by atoms with Crippen molar-refractivity contribution in [3.05, 3.63) is 29.3 Å². The number of nitrogens with zero attached hydrogens (tertiary/aromatic N) is 2. The molecule has 0 bridgehead atoms. The van der Waals surface area contributed by atoms with Crippen molar-refractivity contribution < 1.29 is 9.59 Å². The first kappa shape index (κ1) is 20.2. The molecule has 1 aromatic carbocycles. The molecule has 2 aromatic rings. The van der Waals surface area contributed by atoms with Crippen molar-refractivity contribution in [1.82, 2.24) is 20.8 Å². The third-order valence-electron chi connectivity index (χ3n) is 3.75. The van der Waals surface area contributed by atoms with Crippen molar-refractivity contribution >= 4 is 45.9 Å². The number of carbonyl (C=O) groups excluding carboxylic acids is 2. The predicted octanol–water partition coefficient (Wildman–Crippen LogP) is 3.34. The van der Waals surface area contributed by atoms with Crippen molar-refractivity contribution in [3.8, 4) is 0 Å². The second kappa shape index (κ2) is 9.54. The second-order valence-electron chi connectivity index (χ2n) is 5.48. The van der Waals surface area contributed by atoms with Crippen LogP contribution in [0.2, 0.25) is 0 Å². The van der Waals surface area contributed by atoms with Crippen molar-refractivity contribution in [1.29, 1.82) is 0 Å². The lowest BCUT2D eigenvalue weighted by Gasteiger charge is -2.13. The van der Waals surface area contributed by atoms with Gasteiger partial charge in [0.25, 0.3) is 0 Å². The average Bonchev–Trinajstić information content (AvgIpc) is 3.08. The largest absolute Gasteiger partial charge is 0.341 e. The summed E-state index contributed by atoms with van der Waals surface area (Å²) in [6.07, 6.45) is 1.85. The molecule has 3 N–H and O–H groups in total. The molecule has 140 valence electrons. The maximum atomic E-state index is 11.9. The van der Waals surface area contributed by atoms with E-state index in [9.17, 15) is 9.59 Å². The van der Waals surface area contributed by atoms with Crippen LogP contribution < -0.4 is 16.0 Å². The number of carbonyl (C=O) groups is 2. The summed E-state index contributed by atoms with van der Waals surface area (Å²) in [6, 6.07) is 5.74. The third-order valence-corrected chi connectivity index (χ3v) is 5.77. The molecule has 7 nitrogen and oxygen atoms in total. The van der Waals surface area contributed by atoms with Gasteiger partial charge in [-0.3, -0.25) is 10.1 Å². The fourth-order valence-electron chi connectivity index (χ4n) is 2.30. The quantitative estimate of drug-likeness (QED) is 0.625. The number of imide groups is 1. The van der Waals surface area contributed by atoms with E-state index in [2.05, 4.69) is 58.2 Å². The fraction of sp³-hybridized carbons (Fsp3) is 0.412. The molecule has 2 rings (SSSR count). The zero-order chi connectivity index (χ0) is 19.1. The number of anilines is 2. The maximum absolute atomic E-state index is 11.9. The Hall–Kier alpha value is -2.13. The van der Waals surface area contributed by atoms with Crippen LogP contribution in [0.15, 0.2) is 22.5 Å². The monoisotopic (exact) mass is 393 g/mol. The van der Waals surface area contributed by atoms with E-state index in [-0.39, 0.29) is 5.91 Å². The molecule has 0 saturated carbocycles. The van der Waals surface area contributed by atoms with Crippen LogP contribution in [0.25, 0.3) is 0 Å². The van der Waals surface area contributed by atoms with Crippen molar-refractivity contribution in [2.45, 2.75) is 43.2 Å². The van der Waals surface area contributed by atoms with E-state index in [1.807, 2.05) is 0 Å². The number of urea groups is 1. The van der Waals surface area contributed by atoms with Gasteiger partial charge in [-0.25, -0.2) is 4.79 Å². The fourth-order valence-corrected chi connectivity index (χ4v) is 4.20. The van der Waals surface area contributed by atoms with Crippen LogP contribution in [0.3, 0.4) is 0 Å². The molecule has 0 fully saturated rings. The first-order valence-electron chi connectivity index (χ1n) is 8.38. The van der Waals surface area contributed by atoms with E-state index in [1.165, 1.54) is 41.3 Å². The maximum Gasteiger partial charge on any atom is 0.321 e. The number of hydrogen-bond acceptors (Lipinski definition) is 7. The molecule has 1 unspecified atom stereocenters. The molecule has 1 atom stereocenters. The highest BCUT2D eigenvalue weighted by Gasteiger charge is 2.19. The van der Waals surface area contributed by atoms with Crippen molar-refractivity contribution in [2.75, 3.05) is 12.4 Å². The zero-order valence-electron chi connectivity index (χ0n) is 15.3. The van der Waals surface area contributed by atoms with Crippen LogP contribution in [0.5, 0.6) is 0 Å². The summed E-state index contributed by atoms with van der Waals surface area (Å²) in [5.41, 5.74) is 3.54. The van der Waals surface area contributed by atoms with Crippen LogP contribution in [0.4, 0.5) is 15.6 Å². The standard InChI is InChI=1S/C17H23N5O2S2/c1-5-11-8-7-9-12(6-2)13(11)19-16-21-22-17(26-16)25-10(3)14(23)20-15(24)18-4/h7-10H,5-6H2,1-4H3,(H,19,21)(H2,18,20,23,24). The van der Waals surface area contributed by atoms with Crippen LogP contribution in [0, 0.1) is 0 Å². The summed E-state index contributed by atoms with van der Waals surface area (Å²) in [5.74, 6) is -0.372. The highest BCUT2D eigenvalue weighted by atomic mass is 32.2. The van der Waals surface area contributed by atoms with E-state index in [0.717, 1.165) is 18.5 Å². The molecule has 0 aliphatic carbocycles. The Labute approximate surface area is 161 Å². The van der Waals surface area contributed by atoms with Crippen LogP contribution >= 0.6 is 23.1 Å². The Bertz CT molecular complexity index is 756. The molecule has 1 aromatic heterocycles. The molecule has 0 saturated heterocycles. The lowest BCUT2D eigenvalue weighted by Crippen LogP contribution is -2.41. The molecule has 0 radical (unpaired) electrons. The Balaban J connectivity index is 2.07. The molecule has 0 spiro atoms. The van der Waals surface area contributed by atoms with Crippen LogP contribution in [-0.4, -0.2) is 34.4 Å². The van der Waals surface area contributed by atoms with Crippen molar-refractivity contribution in [2.24, 2.45) is 0 Å². The summed E-state index contributed by atoms with van der Waals surface area (Å²) in [5, 5.41) is 16.5. The number of para-hydroxylation sites is 1. The normalized spacial score (nSPS) is 11.7. The van der Waals surface area contributed by atoms with Gasteiger partial charge >= 0.3 is 6.03 Å². The van der Waals surface area contributed by atoms with Gasteiger partial charge in [-0.1, -0.05) is 55.1 Å². The van der Waals surface area contributed by atoms with Gasteiger partial charge in [-0.05, 0) is 30.9 Å². The number of nitrogens with one attached hydrogen (secondary N) is 3. The first-order chi connectivity index (χ1) is 12.5. The second-order valence-corrected chi connectivity index (χ2v) is 8.05. The van der Waals surface area contributed by atoms with E-state index in [0.29, 0.717) is 9.47 Å². The van der Waals surface area contributed by atoms with Gasteiger partial charge in [0.05, 0.1) is 5.25 Å². The lowest BCUT2D eigenvalue weighted by atomic mass is 10.0. The average molecular weight is 394 g/mol. The van der Waals surface area contributed by atoms with Gasteiger partial charge in [0, 0.05) is 12.7 Å². The van der Waals surface area contributed by atoms with Crippen LogP contribution in [-0.2, 0) is 17.6 Å². The number of thioether (sulfide) groups is 1. The molecule has 26 heavy (non-hydrogen) atoms. The number of amides is 3. The van der Waals surface area contributed by atoms with E-state index < -0.39 is 11.3 Å². The van der Waals surface area contributed by atoms with E-state index in [1.54, 1.807) is 6.92 Å². The summed E-state index contributed by atoms with van der Waals surface area (Å²) in [6.45, 7) is 5.96. The minimum atomic E-state index is -0.523. The van der Waals surface area contributed by atoms with Gasteiger partial charge in [-0.2, -0.15) is 0 Å². The third kappa shape index (κ3) is 5.18. The SMILES string of the molecule is CCc1cccc(CC)c1Nc1nnc(SC(C)C(=O)NC(=O)NC)s1. The number of rotatable bonds is 7. The number of hydrogen-bond donors (Lipinski definition) is 3. The zero-order valence-corrected chi connectivity index (χ0v) is 16.9. The van der Waals surface area contributed by atoms with Crippen LogP contribution in [0.1, 0.15) is 31.9 Å². The molecule has 0 aliphatic rings. The Morgan fingerprint density at radius 1 is 1.19 bits per heavy atom. The minimum absolute atomic E-state index is 0.372. The highest BCUT2D eigenvalue weighted by molar-refractivity contribution is 8.02. The summed E-state index contributed by atoms with van der Waals surface area (Å²) in [4.78, 5) is 23.1. The Morgan fingerprint density at radius 3 is 2.42 bits per heavy atom. The van der Waals surface area contributed by atoms with Crippen molar-refractivity contribution in [3.63, 3.8) is 0 Å². The predicted molar refractivity (Wildman–Crippen MR) is 106 cm³/mol. The molecule has 1 heterocycles. The molecular weight excluding hydrogens is 370 g/mol. The summed E-state index contributed by atoms with van der Waals surface area (Å²) in [7, 11) is 1.46. The Kier molecular flexibility index (Phi) is 7.40. The number of aryl methyl sites for hydroxylation is 2. The van der Waals surface area contributed by atoms with Gasteiger partial charge in [0.2, 0.25) is 11.0 Å². The van der Waals surface area contributed by atoms with E-state index >= 15 is 0 Å². The highest BCUT2D eigenvalue weighted by Crippen LogP contribution is 2.32. The summed E-state index contributed by atoms with van der Waals surface area (Å²) >= 11 is 2.65. The minimum Gasteiger partial charge on any atom is -0.341 e. The summed E-state index contributed by atoms with van der Waals surface area (Å²) < 4.78 is 0.666. The van der Waals surface area contributed by atoms with Gasteiger partial charge < -0.3 is 10.6 Å². The molecule has 0 aliphatic heterocycles. The van der Waals surface area contributed by atoms with Gasteiger partial charge in [0.15, 0.2) is 4.34 Å². The van der Waals surface area contributed by atoms with Gasteiger partial charge in [-0.15, -0.1) is 10.2 Å². The topological polar surface area (TPSA) is 96.0 Å².